The minimum Gasteiger partial charge on any atom is -0.497 e. The molecule has 123 heavy (non-hydrogen) atoms. The van der Waals surface area contributed by atoms with Crippen LogP contribution in [0.3, 0.4) is 0 Å². The molecule has 0 fully saturated rings. The normalized spacial score (nSPS) is 10.5. The van der Waals surface area contributed by atoms with Crippen LogP contribution in [0.15, 0.2) is 229 Å². The van der Waals surface area contributed by atoms with E-state index in [1.165, 1.54) is 73.9 Å². The molecule has 11 aromatic rings. The summed E-state index contributed by atoms with van der Waals surface area (Å²) < 4.78 is 26.9. The second-order valence-electron chi connectivity index (χ2n) is 32.7. The average Bonchev–Trinajstić information content (AvgIpc) is 0.836. The highest BCUT2D eigenvalue weighted by molar-refractivity contribution is 9.10. The van der Waals surface area contributed by atoms with Gasteiger partial charge in [-0.15, -0.1) is 0 Å². The Morgan fingerprint density at radius 3 is 1.17 bits per heavy atom. The molecule has 0 atom stereocenters. The number of nitrogens with zero attached hydrogens (tertiary/aromatic N) is 2. The molecule has 11 nitrogen and oxygen atoms in total. The lowest BCUT2D eigenvalue weighted by Crippen LogP contribution is -1.97. The minimum absolute atomic E-state index is 0.0266. The average molecular weight is 1840 g/mol. The van der Waals surface area contributed by atoms with Gasteiger partial charge >= 0.3 is 5.69 Å². The van der Waals surface area contributed by atoms with Crippen LogP contribution in [0.2, 0.25) is 25.1 Å². The summed E-state index contributed by atoms with van der Waals surface area (Å²) in [6, 6.07) is 74.4. The second kappa shape index (κ2) is 57.6. The van der Waals surface area contributed by atoms with Crippen molar-refractivity contribution in [2.75, 3.05) is 35.0 Å². The first kappa shape index (κ1) is 110. The highest BCUT2D eigenvalue weighted by atomic mass is 79.9. The van der Waals surface area contributed by atoms with Crippen molar-refractivity contribution in [1.29, 1.82) is 0 Å². The zero-order valence-electron chi connectivity index (χ0n) is 78.2. The van der Waals surface area contributed by atoms with E-state index in [1.54, 1.807) is 52.5 Å². The van der Waals surface area contributed by atoms with E-state index in [1.807, 2.05) is 139 Å². The van der Waals surface area contributed by atoms with E-state index in [4.69, 9.17) is 81.7 Å². The third kappa shape index (κ3) is 39.9. The van der Waals surface area contributed by atoms with Gasteiger partial charge in [-0.05, 0) is 255 Å². The highest BCUT2D eigenvalue weighted by Crippen LogP contribution is 2.36. The van der Waals surface area contributed by atoms with E-state index in [9.17, 15) is 20.2 Å². The summed E-state index contributed by atoms with van der Waals surface area (Å²) in [6.45, 7) is 53.4. The fraction of sp³-hybridized carbons (Fsp3) is 0.377. The number of methoxy groups -OCH3 is 4. The topological polar surface area (TPSA) is 132 Å². The number of hydrogen-bond donors (Lipinski definition) is 0. The predicted octanol–water partition coefficient (Wildman–Crippen LogP) is 35.3. The Labute approximate surface area is 772 Å². The Morgan fingerprint density at radius 2 is 0.740 bits per heavy atom. The molecule has 0 amide bonds. The van der Waals surface area contributed by atoms with Crippen LogP contribution in [0, 0.1) is 47.9 Å². The van der Waals surface area contributed by atoms with Crippen LogP contribution in [0.4, 0.5) is 11.4 Å². The lowest BCUT2D eigenvalue weighted by Gasteiger charge is -2.14. The number of nitro benzene ring substituents is 2. The van der Waals surface area contributed by atoms with Crippen LogP contribution < -0.4 is 23.7 Å². The van der Waals surface area contributed by atoms with Crippen LogP contribution in [-0.2, 0) is 0 Å². The molecule has 11 rings (SSSR count). The van der Waals surface area contributed by atoms with Crippen molar-refractivity contribution in [2.24, 2.45) is 0 Å². The molecule has 0 bridgehead atoms. The molecule has 0 radical (unpaired) electrons. The van der Waals surface area contributed by atoms with Gasteiger partial charge in [0.25, 0.3) is 5.69 Å². The van der Waals surface area contributed by atoms with Crippen molar-refractivity contribution in [3.63, 3.8) is 0 Å². The van der Waals surface area contributed by atoms with Gasteiger partial charge in [-0.3, -0.25) is 20.2 Å². The highest BCUT2D eigenvalue weighted by Gasteiger charge is 2.18. The van der Waals surface area contributed by atoms with Gasteiger partial charge in [0.05, 0.1) is 64.4 Å². The molecule has 0 heterocycles. The predicted molar refractivity (Wildman–Crippen MR) is 533 cm³/mol. The molecule has 0 N–H and O–H groups in total. The summed E-state index contributed by atoms with van der Waals surface area (Å²) in [5.74, 6) is 8.84. The molecule has 11 aromatic carbocycles. The van der Waals surface area contributed by atoms with Crippen molar-refractivity contribution >= 4 is 85.3 Å². The van der Waals surface area contributed by atoms with Gasteiger partial charge < -0.3 is 23.7 Å². The molecule has 0 aliphatic rings. The summed E-state index contributed by atoms with van der Waals surface area (Å²) in [5, 5.41) is 24.9. The summed E-state index contributed by atoms with van der Waals surface area (Å²) in [7, 11) is 6.44. The molecule has 666 valence electrons. The van der Waals surface area contributed by atoms with Crippen LogP contribution in [-0.4, -0.2) is 44.9 Å². The van der Waals surface area contributed by atoms with Gasteiger partial charge in [-0.2, -0.15) is 0 Å². The minimum atomic E-state index is -0.426. The van der Waals surface area contributed by atoms with Gasteiger partial charge in [-0.1, -0.05) is 347 Å². The first-order chi connectivity index (χ1) is 57.9. The largest absolute Gasteiger partial charge is 0.497 e. The number of benzene rings is 11. The van der Waals surface area contributed by atoms with E-state index in [2.05, 4.69) is 244 Å². The zero-order chi connectivity index (χ0) is 93.1. The number of nitro groups is 2. The van der Waals surface area contributed by atoms with Gasteiger partial charge in [-0.25, -0.2) is 0 Å². The number of aryl methyl sites for hydroxylation is 3. The Balaban J connectivity index is 0.000000464. The standard InChI is InChI=1S/C15H16.C11H15BrO.C11H15ClO.C10H13ClO.C10H13Cl.C10H13NO3.C10H13NO2.C10H14O.C10H14.C9H10Cl2/c1-12(2)13-8-10-15(11-9-13)14-6-4-3-5-7-14;1-4-13-11-6-5-9(8(2)3)7-10(11)12;1-7(2)10-6-9(12)5-8(3)11(10)13-4;1-7(2)8-4-5-10(12-3)9(11)6-8;1-7(2)9-6-8(3)4-5-10(9)11;1-7(2)8-4-5-10(14-3)9(6-8)11(12)13;1-7(2)9-5-4-6-10(8(9)3)11(12)13;1-8(2)9-5-4-6-10(7-9)11-3;1-8(2)10-6-4-9(3)5-7-10;1-6(2)7-3-4-8(10)9(11)5-7/h3-12H,1-2H3;5-8H,4H2,1-3H3;5-7H,1-4H3;4-7H,1-3H3;4-7H,1-3H3;4-7H,1-3H3;4-7H,1-3H3;4-8H,1-3H3;4-8H,1-3H3;3-6H,1-2H3. The number of rotatable bonds is 19. The maximum absolute atomic E-state index is 10.7. The Morgan fingerprint density at radius 1 is 0.325 bits per heavy atom. The molecular weight excluding hydrogens is 1700 g/mol. The zero-order valence-corrected chi connectivity index (χ0v) is 83.5. The second-order valence-corrected chi connectivity index (χ2v) is 35.6. The van der Waals surface area contributed by atoms with Gasteiger partial charge in [0.15, 0.2) is 5.75 Å². The van der Waals surface area contributed by atoms with Gasteiger partial charge in [0, 0.05) is 27.7 Å². The van der Waals surface area contributed by atoms with Crippen molar-refractivity contribution in [3.8, 4) is 39.9 Å². The van der Waals surface area contributed by atoms with Gasteiger partial charge in [0.2, 0.25) is 0 Å². The van der Waals surface area contributed by atoms with Crippen molar-refractivity contribution < 1.29 is 33.5 Å². The summed E-state index contributed by atoms with van der Waals surface area (Å²) in [4.78, 5) is 20.5. The molecule has 0 saturated carbocycles. The van der Waals surface area contributed by atoms with Crippen LogP contribution >= 0.6 is 73.9 Å². The van der Waals surface area contributed by atoms with Crippen molar-refractivity contribution in [1.82, 2.24) is 0 Å². The molecule has 0 saturated heterocycles. The Bertz CT molecular complexity index is 4930. The van der Waals surface area contributed by atoms with Gasteiger partial charge in [0.1, 0.15) is 23.0 Å². The maximum atomic E-state index is 10.7. The summed E-state index contributed by atoms with van der Waals surface area (Å²) in [6.07, 6.45) is 0. The Hall–Kier alpha value is -8.85. The number of ether oxygens (including phenoxy) is 5. The van der Waals surface area contributed by atoms with Crippen LogP contribution in [0.25, 0.3) is 11.1 Å². The third-order valence-electron chi connectivity index (χ3n) is 19.7. The molecule has 0 spiro atoms. The smallest absolute Gasteiger partial charge is 0.311 e. The van der Waals surface area contributed by atoms with E-state index in [-0.39, 0.29) is 22.2 Å². The molecule has 0 unspecified atom stereocenters. The van der Waals surface area contributed by atoms with Crippen molar-refractivity contribution in [3.05, 3.63) is 352 Å². The molecular formula is C106H136BrCl5N2O9. The summed E-state index contributed by atoms with van der Waals surface area (Å²) in [5.41, 5.74) is 19.6. The van der Waals surface area contributed by atoms with E-state index < -0.39 is 4.92 Å². The molecule has 0 aromatic heterocycles. The maximum Gasteiger partial charge on any atom is 0.311 e. The summed E-state index contributed by atoms with van der Waals surface area (Å²) >= 11 is 33.0. The van der Waals surface area contributed by atoms with E-state index in [0.717, 1.165) is 59.8 Å². The lowest BCUT2D eigenvalue weighted by molar-refractivity contribution is -0.385. The molecule has 17 heteroatoms. The number of hydrogen-bond acceptors (Lipinski definition) is 9. The molecule has 0 aliphatic heterocycles. The molecule has 0 aliphatic carbocycles. The first-order valence-electron chi connectivity index (χ1n) is 42.1. The SMILES string of the molecule is CC(C)c1ccc(-c2ccccc2)cc1.CC(C)c1ccc(Cl)c(Cl)c1.CCOc1ccc(C(C)C)cc1Br.COc1c(C)cc(Cl)cc1C(C)C.COc1ccc(C(C)C)cc1Cl.COc1ccc(C(C)C)cc1[N+](=O)[O-].COc1cccc(C(C)C)c1.Cc1c(C(C)C)cccc1[N+](=O)[O-].Cc1ccc(C(C)C)cc1.Cc1ccc(Cl)c(C(C)C)c1. The first-order valence-corrected chi connectivity index (χ1v) is 44.8. The third-order valence-corrected chi connectivity index (χ3v) is 21.9. The Kier molecular flexibility index (Phi) is 51.6. The van der Waals surface area contributed by atoms with Crippen LogP contribution in [0.1, 0.15) is 282 Å². The van der Waals surface area contributed by atoms with E-state index in [0.29, 0.717) is 80.7 Å². The number of halogens is 6. The fourth-order valence-electron chi connectivity index (χ4n) is 11.9. The van der Waals surface area contributed by atoms with E-state index >= 15 is 0 Å². The van der Waals surface area contributed by atoms with Crippen molar-refractivity contribution in [2.45, 2.75) is 232 Å². The van der Waals surface area contributed by atoms with Crippen LogP contribution in [0.5, 0.6) is 28.7 Å². The quantitative estimate of drug-likeness (QED) is 0.0573. The monoisotopic (exact) mass is 1830 g/mol. The lowest BCUT2D eigenvalue weighted by atomic mass is 9.97. The fourth-order valence-corrected chi connectivity index (χ4v) is 13.6.